The standard InChI is InChI=1S/C19H27N5O/c1-4-19(2,3)21-16(25)13-24-12-8-11-15(24)18-20-17(22-23-18)14-9-6-5-7-10-14/h5-7,9-10,15H,4,8,11-13H2,1-3H3,(H,21,25)(H,20,22,23)/t15-/m1/s1. The van der Waals surface area contributed by atoms with E-state index >= 15 is 0 Å². The van der Waals surface area contributed by atoms with Crippen molar-refractivity contribution in [3.8, 4) is 11.4 Å². The highest BCUT2D eigenvalue weighted by molar-refractivity contribution is 5.78. The fourth-order valence-corrected chi connectivity index (χ4v) is 3.15. The van der Waals surface area contributed by atoms with Crippen molar-refractivity contribution in [3.05, 3.63) is 36.2 Å². The number of nitrogens with one attached hydrogen (secondary N) is 2. The molecule has 0 unspecified atom stereocenters. The Morgan fingerprint density at radius 3 is 2.84 bits per heavy atom. The summed E-state index contributed by atoms with van der Waals surface area (Å²) in [5.41, 5.74) is 0.830. The van der Waals surface area contributed by atoms with E-state index in [-0.39, 0.29) is 17.5 Å². The molecule has 134 valence electrons. The van der Waals surface area contributed by atoms with Crippen LogP contribution in [0.1, 0.15) is 51.9 Å². The summed E-state index contributed by atoms with van der Waals surface area (Å²) in [7, 11) is 0. The molecule has 3 rings (SSSR count). The van der Waals surface area contributed by atoms with Gasteiger partial charge in [0, 0.05) is 11.1 Å². The van der Waals surface area contributed by atoms with Crippen LogP contribution in [-0.2, 0) is 4.79 Å². The molecule has 1 aliphatic rings. The van der Waals surface area contributed by atoms with Gasteiger partial charge in [-0.05, 0) is 39.7 Å². The number of benzene rings is 1. The molecule has 1 fully saturated rings. The Morgan fingerprint density at radius 2 is 2.12 bits per heavy atom. The molecule has 0 spiro atoms. The second kappa shape index (κ2) is 7.35. The van der Waals surface area contributed by atoms with E-state index in [0.717, 1.165) is 37.2 Å². The Bertz CT molecular complexity index is 710. The molecule has 0 bridgehead atoms. The molecule has 1 aromatic heterocycles. The third kappa shape index (κ3) is 4.25. The van der Waals surface area contributed by atoms with Crippen molar-refractivity contribution in [1.82, 2.24) is 25.4 Å². The average Bonchev–Trinajstić information content (AvgIpc) is 3.24. The zero-order valence-electron chi connectivity index (χ0n) is 15.2. The summed E-state index contributed by atoms with van der Waals surface area (Å²) in [5.74, 6) is 1.62. The number of carbonyl (C=O) groups excluding carboxylic acids is 1. The summed E-state index contributed by atoms with van der Waals surface area (Å²) in [4.78, 5) is 19.2. The third-order valence-corrected chi connectivity index (χ3v) is 4.92. The van der Waals surface area contributed by atoms with E-state index in [2.05, 4.69) is 46.2 Å². The Kier molecular flexibility index (Phi) is 5.18. The fourth-order valence-electron chi connectivity index (χ4n) is 3.15. The van der Waals surface area contributed by atoms with Gasteiger partial charge in [0.2, 0.25) is 5.91 Å². The van der Waals surface area contributed by atoms with Crippen molar-refractivity contribution in [2.45, 2.75) is 51.6 Å². The van der Waals surface area contributed by atoms with E-state index in [4.69, 9.17) is 0 Å². The van der Waals surface area contributed by atoms with Gasteiger partial charge in [0.05, 0.1) is 12.6 Å². The van der Waals surface area contributed by atoms with E-state index < -0.39 is 0 Å². The molecule has 0 radical (unpaired) electrons. The molecule has 1 aliphatic heterocycles. The maximum absolute atomic E-state index is 12.4. The molecule has 1 amide bonds. The number of aromatic nitrogens is 3. The lowest BCUT2D eigenvalue weighted by molar-refractivity contribution is -0.124. The molecular weight excluding hydrogens is 314 g/mol. The number of aromatic amines is 1. The molecule has 25 heavy (non-hydrogen) atoms. The van der Waals surface area contributed by atoms with Crippen LogP contribution in [0.4, 0.5) is 0 Å². The van der Waals surface area contributed by atoms with Crippen molar-refractivity contribution < 1.29 is 4.79 Å². The van der Waals surface area contributed by atoms with E-state index in [0.29, 0.717) is 12.4 Å². The number of carbonyl (C=O) groups is 1. The van der Waals surface area contributed by atoms with Crippen LogP contribution in [0.25, 0.3) is 11.4 Å². The Hall–Kier alpha value is -2.21. The van der Waals surface area contributed by atoms with Crippen LogP contribution in [0.5, 0.6) is 0 Å². The van der Waals surface area contributed by atoms with Gasteiger partial charge in [-0.15, -0.1) is 0 Å². The van der Waals surface area contributed by atoms with Crippen molar-refractivity contribution in [3.63, 3.8) is 0 Å². The van der Waals surface area contributed by atoms with E-state index in [1.807, 2.05) is 30.3 Å². The monoisotopic (exact) mass is 341 g/mol. The predicted octanol–water partition coefficient (Wildman–Crippen LogP) is 2.91. The van der Waals surface area contributed by atoms with Crippen molar-refractivity contribution in [2.24, 2.45) is 0 Å². The Morgan fingerprint density at radius 1 is 1.36 bits per heavy atom. The lowest BCUT2D eigenvalue weighted by Gasteiger charge is -2.27. The highest BCUT2D eigenvalue weighted by atomic mass is 16.2. The zero-order chi connectivity index (χ0) is 17.9. The number of hydrogen-bond acceptors (Lipinski definition) is 4. The fraction of sp³-hybridized carbons (Fsp3) is 0.526. The SMILES string of the molecule is CCC(C)(C)NC(=O)CN1CCC[C@@H]1c1nc(-c2ccccc2)n[nH]1. The number of H-pyrrole nitrogens is 1. The molecule has 2 aromatic rings. The van der Waals surface area contributed by atoms with E-state index in [1.54, 1.807) is 0 Å². The number of hydrogen-bond donors (Lipinski definition) is 2. The average molecular weight is 341 g/mol. The molecule has 0 aliphatic carbocycles. The minimum absolute atomic E-state index is 0.0709. The van der Waals surface area contributed by atoms with Crippen LogP contribution in [0.2, 0.25) is 0 Å². The first kappa shape index (κ1) is 17.6. The van der Waals surface area contributed by atoms with Crippen LogP contribution in [0.15, 0.2) is 30.3 Å². The maximum atomic E-state index is 12.4. The molecule has 6 nitrogen and oxygen atoms in total. The predicted molar refractivity (Wildman–Crippen MR) is 97.9 cm³/mol. The topological polar surface area (TPSA) is 73.9 Å². The van der Waals surface area contributed by atoms with Gasteiger partial charge in [-0.3, -0.25) is 14.8 Å². The highest BCUT2D eigenvalue weighted by Gasteiger charge is 2.31. The first-order valence-electron chi connectivity index (χ1n) is 9.01. The molecule has 1 atom stereocenters. The second-order valence-electron chi connectivity index (χ2n) is 7.32. The zero-order valence-corrected chi connectivity index (χ0v) is 15.2. The van der Waals surface area contributed by atoms with Crippen molar-refractivity contribution in [1.29, 1.82) is 0 Å². The highest BCUT2D eigenvalue weighted by Crippen LogP contribution is 2.30. The quantitative estimate of drug-likeness (QED) is 0.847. The minimum Gasteiger partial charge on any atom is -0.350 e. The first-order valence-corrected chi connectivity index (χ1v) is 9.01. The van der Waals surface area contributed by atoms with Gasteiger partial charge in [-0.2, -0.15) is 5.10 Å². The van der Waals surface area contributed by atoms with Crippen LogP contribution < -0.4 is 5.32 Å². The molecule has 0 saturated carbocycles. The van der Waals surface area contributed by atoms with Gasteiger partial charge < -0.3 is 5.32 Å². The molecule has 1 aromatic carbocycles. The Balaban J connectivity index is 1.68. The summed E-state index contributed by atoms with van der Waals surface area (Å²) in [6.07, 6.45) is 2.97. The van der Waals surface area contributed by atoms with Gasteiger partial charge in [-0.1, -0.05) is 37.3 Å². The van der Waals surface area contributed by atoms with Gasteiger partial charge in [0.25, 0.3) is 0 Å². The number of likely N-dealkylation sites (tertiary alicyclic amines) is 1. The molecule has 6 heteroatoms. The summed E-state index contributed by atoms with van der Waals surface area (Å²) in [5, 5.41) is 10.5. The van der Waals surface area contributed by atoms with Gasteiger partial charge >= 0.3 is 0 Å². The van der Waals surface area contributed by atoms with Gasteiger partial charge in [0.1, 0.15) is 5.82 Å². The molecular formula is C19H27N5O. The third-order valence-electron chi connectivity index (χ3n) is 4.92. The lowest BCUT2D eigenvalue weighted by atomic mass is 10.0. The molecule has 2 N–H and O–H groups in total. The second-order valence-corrected chi connectivity index (χ2v) is 7.32. The number of amides is 1. The molecule has 1 saturated heterocycles. The van der Waals surface area contributed by atoms with Crippen molar-refractivity contribution >= 4 is 5.91 Å². The largest absolute Gasteiger partial charge is 0.350 e. The number of nitrogens with zero attached hydrogens (tertiary/aromatic N) is 3. The van der Waals surface area contributed by atoms with Gasteiger partial charge in [0.15, 0.2) is 5.82 Å². The lowest BCUT2D eigenvalue weighted by Crippen LogP contribution is -2.47. The van der Waals surface area contributed by atoms with Crippen molar-refractivity contribution in [2.75, 3.05) is 13.1 Å². The van der Waals surface area contributed by atoms with Crippen LogP contribution in [-0.4, -0.2) is 44.6 Å². The summed E-state index contributed by atoms with van der Waals surface area (Å²) in [6.45, 7) is 7.49. The molecule has 2 heterocycles. The summed E-state index contributed by atoms with van der Waals surface area (Å²) >= 11 is 0. The van der Waals surface area contributed by atoms with E-state index in [9.17, 15) is 4.79 Å². The number of rotatable bonds is 6. The summed E-state index contributed by atoms with van der Waals surface area (Å²) in [6, 6.07) is 10.1. The summed E-state index contributed by atoms with van der Waals surface area (Å²) < 4.78 is 0. The normalized spacial score (nSPS) is 18.4. The van der Waals surface area contributed by atoms with Crippen LogP contribution in [0.3, 0.4) is 0 Å². The van der Waals surface area contributed by atoms with Crippen LogP contribution in [0, 0.1) is 0 Å². The maximum Gasteiger partial charge on any atom is 0.234 e. The smallest absolute Gasteiger partial charge is 0.234 e. The minimum atomic E-state index is -0.168. The first-order chi connectivity index (χ1) is 12.0. The van der Waals surface area contributed by atoms with Gasteiger partial charge in [-0.25, -0.2) is 4.98 Å². The van der Waals surface area contributed by atoms with E-state index in [1.165, 1.54) is 0 Å². The van der Waals surface area contributed by atoms with Crippen LogP contribution >= 0.6 is 0 Å². The Labute approximate surface area is 149 Å².